The molecule has 2 aromatic rings. The molecule has 0 aliphatic heterocycles. The van der Waals surface area contributed by atoms with Crippen LogP contribution in [0.3, 0.4) is 0 Å². The smallest absolute Gasteiger partial charge is 0.313 e. The van der Waals surface area contributed by atoms with E-state index in [1.165, 1.54) is 6.07 Å². The lowest BCUT2D eigenvalue weighted by atomic mass is 10.3. The third kappa shape index (κ3) is 5.26. The maximum atomic E-state index is 11.8. The van der Waals surface area contributed by atoms with Gasteiger partial charge in [-0.1, -0.05) is 41.4 Å². The molecule has 2 rings (SSSR count). The van der Waals surface area contributed by atoms with Crippen LogP contribution in [-0.2, 0) is 14.4 Å². The Morgan fingerprint density at radius 2 is 1.62 bits per heavy atom. The SMILES string of the molecule is O=C(CNC(=O)C(=O)Nc1cccc(Cl)c1)Nc1ccccc1Cl. The highest BCUT2D eigenvalue weighted by Gasteiger charge is 2.15. The molecule has 0 unspecified atom stereocenters. The van der Waals surface area contributed by atoms with E-state index in [0.29, 0.717) is 21.4 Å². The molecule has 0 aromatic heterocycles. The van der Waals surface area contributed by atoms with Gasteiger partial charge in [-0.3, -0.25) is 14.4 Å². The molecule has 124 valence electrons. The minimum atomic E-state index is -0.940. The number of rotatable bonds is 4. The monoisotopic (exact) mass is 365 g/mol. The van der Waals surface area contributed by atoms with Crippen LogP contribution in [0.15, 0.2) is 48.5 Å². The van der Waals surface area contributed by atoms with Gasteiger partial charge in [0, 0.05) is 10.7 Å². The van der Waals surface area contributed by atoms with Crippen LogP contribution in [0.5, 0.6) is 0 Å². The van der Waals surface area contributed by atoms with Gasteiger partial charge in [-0.15, -0.1) is 0 Å². The molecule has 0 fully saturated rings. The van der Waals surface area contributed by atoms with Crippen molar-refractivity contribution >= 4 is 52.3 Å². The van der Waals surface area contributed by atoms with Crippen LogP contribution in [0.1, 0.15) is 0 Å². The van der Waals surface area contributed by atoms with Crippen molar-refractivity contribution in [1.29, 1.82) is 0 Å². The normalized spacial score (nSPS) is 9.92. The van der Waals surface area contributed by atoms with E-state index in [9.17, 15) is 14.4 Å². The number of carbonyl (C=O) groups excluding carboxylic acids is 3. The molecule has 0 saturated heterocycles. The van der Waals surface area contributed by atoms with Gasteiger partial charge in [0.1, 0.15) is 0 Å². The molecular weight excluding hydrogens is 353 g/mol. The van der Waals surface area contributed by atoms with Gasteiger partial charge in [0.25, 0.3) is 0 Å². The molecule has 0 saturated carbocycles. The van der Waals surface area contributed by atoms with E-state index in [0.717, 1.165) is 0 Å². The van der Waals surface area contributed by atoms with Crippen molar-refractivity contribution in [3.8, 4) is 0 Å². The van der Waals surface area contributed by atoms with Crippen molar-refractivity contribution in [3.63, 3.8) is 0 Å². The number of halogens is 2. The Hall–Kier alpha value is -2.57. The quantitative estimate of drug-likeness (QED) is 0.727. The zero-order valence-corrected chi connectivity index (χ0v) is 13.8. The minimum absolute atomic E-state index is 0.368. The van der Waals surface area contributed by atoms with Gasteiger partial charge < -0.3 is 16.0 Å². The van der Waals surface area contributed by atoms with Crippen LogP contribution in [0.2, 0.25) is 10.0 Å². The molecule has 0 aliphatic carbocycles. The van der Waals surface area contributed by atoms with Crippen molar-refractivity contribution in [3.05, 3.63) is 58.6 Å². The largest absolute Gasteiger partial charge is 0.339 e. The van der Waals surface area contributed by atoms with E-state index in [1.54, 1.807) is 42.5 Å². The second-order valence-electron chi connectivity index (χ2n) is 4.68. The summed E-state index contributed by atoms with van der Waals surface area (Å²) in [5.74, 6) is -2.35. The molecule has 0 heterocycles. The first-order chi connectivity index (χ1) is 11.5. The molecule has 6 nitrogen and oxygen atoms in total. The number of benzene rings is 2. The van der Waals surface area contributed by atoms with Gasteiger partial charge >= 0.3 is 11.8 Å². The molecular formula is C16H13Cl2N3O3. The molecule has 3 N–H and O–H groups in total. The Labute approximate surface area is 148 Å². The Morgan fingerprint density at radius 3 is 2.33 bits per heavy atom. The number of carbonyl (C=O) groups is 3. The number of amides is 3. The zero-order valence-electron chi connectivity index (χ0n) is 12.3. The highest BCUT2D eigenvalue weighted by Crippen LogP contribution is 2.20. The lowest BCUT2D eigenvalue weighted by Gasteiger charge is -2.08. The van der Waals surface area contributed by atoms with E-state index in [1.807, 2.05) is 0 Å². The van der Waals surface area contributed by atoms with Crippen LogP contribution in [0, 0.1) is 0 Å². The summed E-state index contributed by atoms with van der Waals surface area (Å²) in [6.07, 6.45) is 0. The van der Waals surface area contributed by atoms with Crippen LogP contribution < -0.4 is 16.0 Å². The summed E-state index contributed by atoms with van der Waals surface area (Å²) in [6, 6.07) is 13.0. The molecule has 0 bridgehead atoms. The molecule has 0 atom stereocenters. The maximum absolute atomic E-state index is 11.8. The first-order valence-electron chi connectivity index (χ1n) is 6.85. The number of anilines is 2. The predicted molar refractivity (Wildman–Crippen MR) is 93.2 cm³/mol. The number of hydrogen-bond acceptors (Lipinski definition) is 3. The summed E-state index contributed by atoms with van der Waals surface area (Å²) < 4.78 is 0. The first-order valence-corrected chi connectivity index (χ1v) is 7.60. The van der Waals surface area contributed by atoms with Gasteiger partial charge in [0.15, 0.2) is 0 Å². The maximum Gasteiger partial charge on any atom is 0.313 e. The summed E-state index contributed by atoms with van der Waals surface area (Å²) in [5.41, 5.74) is 0.796. The molecule has 24 heavy (non-hydrogen) atoms. The molecule has 8 heteroatoms. The second-order valence-corrected chi connectivity index (χ2v) is 5.52. The second kappa shape index (κ2) is 8.33. The first kappa shape index (κ1) is 17.8. The molecule has 0 spiro atoms. The highest BCUT2D eigenvalue weighted by molar-refractivity contribution is 6.40. The molecule has 2 aromatic carbocycles. The van der Waals surface area contributed by atoms with Crippen LogP contribution in [0.25, 0.3) is 0 Å². The van der Waals surface area contributed by atoms with E-state index in [-0.39, 0.29) is 6.54 Å². The van der Waals surface area contributed by atoms with Gasteiger partial charge in [-0.2, -0.15) is 0 Å². The van der Waals surface area contributed by atoms with Crippen LogP contribution in [-0.4, -0.2) is 24.3 Å². The predicted octanol–water partition coefficient (Wildman–Crippen LogP) is 2.69. The van der Waals surface area contributed by atoms with E-state index < -0.39 is 17.7 Å². The van der Waals surface area contributed by atoms with Crippen molar-refractivity contribution < 1.29 is 14.4 Å². The lowest BCUT2D eigenvalue weighted by molar-refractivity contribution is -0.136. The molecule has 0 radical (unpaired) electrons. The summed E-state index contributed by atoms with van der Waals surface area (Å²) in [6.45, 7) is -0.368. The Bertz CT molecular complexity index is 781. The Balaban J connectivity index is 1.83. The molecule has 3 amide bonds. The summed E-state index contributed by atoms with van der Waals surface area (Å²) in [5, 5.41) is 7.92. The lowest BCUT2D eigenvalue weighted by Crippen LogP contribution is -2.39. The molecule has 0 aliphatic rings. The fourth-order valence-electron chi connectivity index (χ4n) is 1.75. The highest BCUT2D eigenvalue weighted by atomic mass is 35.5. The Morgan fingerprint density at radius 1 is 0.875 bits per heavy atom. The van der Waals surface area contributed by atoms with Crippen molar-refractivity contribution in [2.24, 2.45) is 0 Å². The zero-order chi connectivity index (χ0) is 17.5. The van der Waals surface area contributed by atoms with E-state index in [2.05, 4.69) is 16.0 Å². The number of nitrogens with one attached hydrogen (secondary N) is 3. The average Bonchev–Trinajstić information content (AvgIpc) is 2.54. The third-order valence-corrected chi connectivity index (χ3v) is 3.41. The van der Waals surface area contributed by atoms with Gasteiger partial charge in [0.2, 0.25) is 5.91 Å². The van der Waals surface area contributed by atoms with Crippen LogP contribution in [0.4, 0.5) is 11.4 Å². The summed E-state index contributed by atoms with van der Waals surface area (Å²) in [4.78, 5) is 35.2. The third-order valence-electron chi connectivity index (χ3n) is 2.85. The van der Waals surface area contributed by atoms with Crippen molar-refractivity contribution in [2.45, 2.75) is 0 Å². The van der Waals surface area contributed by atoms with Crippen molar-refractivity contribution in [2.75, 3.05) is 17.2 Å². The standard InChI is InChI=1S/C16H13Cl2N3O3/c17-10-4-3-5-11(8-10)20-16(24)15(23)19-9-14(22)21-13-7-2-1-6-12(13)18/h1-8H,9H2,(H,19,23)(H,20,24)(H,21,22). The van der Waals surface area contributed by atoms with Gasteiger partial charge in [-0.05, 0) is 30.3 Å². The Kier molecular flexibility index (Phi) is 6.17. The average molecular weight is 366 g/mol. The van der Waals surface area contributed by atoms with Crippen LogP contribution >= 0.6 is 23.2 Å². The fraction of sp³-hybridized carbons (Fsp3) is 0.0625. The summed E-state index contributed by atoms with van der Waals surface area (Å²) in [7, 11) is 0. The van der Waals surface area contributed by atoms with Crippen molar-refractivity contribution in [1.82, 2.24) is 5.32 Å². The van der Waals surface area contributed by atoms with Gasteiger partial charge in [0.05, 0.1) is 17.3 Å². The summed E-state index contributed by atoms with van der Waals surface area (Å²) >= 11 is 11.7. The number of para-hydroxylation sites is 1. The number of hydrogen-bond donors (Lipinski definition) is 3. The van der Waals surface area contributed by atoms with Gasteiger partial charge in [-0.25, -0.2) is 0 Å². The van der Waals surface area contributed by atoms with E-state index in [4.69, 9.17) is 23.2 Å². The topological polar surface area (TPSA) is 87.3 Å². The van der Waals surface area contributed by atoms with E-state index >= 15 is 0 Å². The minimum Gasteiger partial charge on any atom is -0.339 e. The fourth-order valence-corrected chi connectivity index (χ4v) is 2.13.